The third-order valence-corrected chi connectivity index (χ3v) is 4.07. The van der Waals surface area contributed by atoms with E-state index in [2.05, 4.69) is 15.9 Å². The maximum Gasteiger partial charge on any atom is 0.124 e. The second-order valence-corrected chi connectivity index (χ2v) is 5.93. The minimum absolute atomic E-state index is 0.0608. The van der Waals surface area contributed by atoms with Gasteiger partial charge in [0.15, 0.2) is 0 Å². The second kappa shape index (κ2) is 6.96. The van der Waals surface area contributed by atoms with Gasteiger partial charge in [-0.2, -0.15) is 0 Å². The highest BCUT2D eigenvalue weighted by molar-refractivity contribution is 9.10. The zero-order valence-corrected chi connectivity index (χ0v) is 14.1. The Labute approximate surface area is 134 Å². The average Bonchev–Trinajstić information content (AvgIpc) is 2.46. The van der Waals surface area contributed by atoms with Crippen molar-refractivity contribution < 1.29 is 9.47 Å². The van der Waals surface area contributed by atoms with Gasteiger partial charge in [0.05, 0.1) is 7.11 Å². The predicted octanol–water partition coefficient (Wildman–Crippen LogP) is 4.36. The van der Waals surface area contributed by atoms with E-state index in [1.807, 2.05) is 50.2 Å². The fraction of sp³-hybridized carbons (Fsp3) is 0.294. The van der Waals surface area contributed by atoms with E-state index in [0.717, 1.165) is 32.7 Å². The Morgan fingerprint density at radius 3 is 2.62 bits per heavy atom. The third kappa shape index (κ3) is 3.99. The zero-order valence-electron chi connectivity index (χ0n) is 12.5. The summed E-state index contributed by atoms with van der Waals surface area (Å²) in [5.41, 5.74) is 9.20. The summed E-state index contributed by atoms with van der Waals surface area (Å²) in [6, 6.07) is 11.9. The molecule has 2 aromatic rings. The Bertz CT molecular complexity index is 626. The predicted molar refractivity (Wildman–Crippen MR) is 88.8 cm³/mol. The summed E-state index contributed by atoms with van der Waals surface area (Å²) < 4.78 is 12.2. The molecule has 0 spiro atoms. The number of methoxy groups -OCH3 is 1. The van der Waals surface area contributed by atoms with Crippen molar-refractivity contribution in [3.05, 3.63) is 57.6 Å². The van der Waals surface area contributed by atoms with Crippen LogP contribution in [0.25, 0.3) is 0 Å². The van der Waals surface area contributed by atoms with E-state index in [0.29, 0.717) is 6.61 Å². The van der Waals surface area contributed by atoms with Crippen LogP contribution in [-0.4, -0.2) is 7.11 Å². The van der Waals surface area contributed by atoms with E-state index in [9.17, 15) is 0 Å². The van der Waals surface area contributed by atoms with Gasteiger partial charge in [0.1, 0.15) is 18.1 Å². The largest absolute Gasteiger partial charge is 0.497 e. The summed E-state index contributed by atoms with van der Waals surface area (Å²) in [5, 5.41) is 0. The molecule has 3 nitrogen and oxygen atoms in total. The van der Waals surface area contributed by atoms with E-state index < -0.39 is 0 Å². The summed E-state index contributed by atoms with van der Waals surface area (Å²) in [7, 11) is 1.66. The lowest BCUT2D eigenvalue weighted by atomic mass is 10.1. The highest BCUT2D eigenvalue weighted by Crippen LogP contribution is 2.28. The van der Waals surface area contributed by atoms with Crippen molar-refractivity contribution in [2.45, 2.75) is 26.5 Å². The summed E-state index contributed by atoms with van der Waals surface area (Å²) in [6.07, 6.45) is 0. The van der Waals surface area contributed by atoms with Gasteiger partial charge in [0.2, 0.25) is 0 Å². The Balaban J connectivity index is 2.22. The SMILES string of the molecule is COc1ccc(Br)c(COc2cc(C)ccc2[C@@H](C)N)c1. The van der Waals surface area contributed by atoms with Crippen molar-refractivity contribution in [1.82, 2.24) is 0 Å². The first-order valence-electron chi connectivity index (χ1n) is 6.82. The molecule has 112 valence electrons. The number of aryl methyl sites for hydroxylation is 1. The van der Waals surface area contributed by atoms with Crippen molar-refractivity contribution in [1.29, 1.82) is 0 Å². The van der Waals surface area contributed by atoms with E-state index in [1.165, 1.54) is 0 Å². The van der Waals surface area contributed by atoms with Gasteiger partial charge in [0, 0.05) is 21.6 Å². The monoisotopic (exact) mass is 349 g/mol. The number of nitrogens with two attached hydrogens (primary N) is 1. The van der Waals surface area contributed by atoms with Gasteiger partial charge < -0.3 is 15.2 Å². The number of rotatable bonds is 5. The van der Waals surface area contributed by atoms with Gasteiger partial charge in [0.25, 0.3) is 0 Å². The number of halogens is 1. The Morgan fingerprint density at radius 1 is 1.19 bits per heavy atom. The molecule has 1 atom stereocenters. The lowest BCUT2D eigenvalue weighted by Crippen LogP contribution is -2.08. The van der Waals surface area contributed by atoms with Gasteiger partial charge in [-0.3, -0.25) is 0 Å². The van der Waals surface area contributed by atoms with E-state index >= 15 is 0 Å². The molecule has 2 aromatic carbocycles. The normalized spacial score (nSPS) is 12.0. The molecule has 0 saturated carbocycles. The van der Waals surface area contributed by atoms with Crippen LogP contribution in [-0.2, 0) is 6.61 Å². The van der Waals surface area contributed by atoms with Crippen molar-refractivity contribution in [2.75, 3.05) is 7.11 Å². The Hall–Kier alpha value is -1.52. The maximum atomic E-state index is 6.00. The lowest BCUT2D eigenvalue weighted by molar-refractivity contribution is 0.299. The topological polar surface area (TPSA) is 44.5 Å². The number of ether oxygens (including phenoxy) is 2. The summed E-state index contributed by atoms with van der Waals surface area (Å²) in [6.45, 7) is 4.46. The summed E-state index contributed by atoms with van der Waals surface area (Å²) in [5.74, 6) is 1.65. The van der Waals surface area contributed by atoms with Crippen LogP contribution < -0.4 is 15.2 Å². The number of benzene rings is 2. The molecule has 0 amide bonds. The summed E-state index contributed by atoms with van der Waals surface area (Å²) in [4.78, 5) is 0. The molecule has 0 radical (unpaired) electrons. The standard InChI is InChI=1S/C17H20BrNO2/c1-11-4-6-15(12(2)19)17(8-11)21-10-13-9-14(20-3)5-7-16(13)18/h4-9,12H,10,19H2,1-3H3/t12-/m1/s1. The highest BCUT2D eigenvalue weighted by atomic mass is 79.9. The van der Waals surface area contributed by atoms with Gasteiger partial charge in [-0.15, -0.1) is 0 Å². The smallest absolute Gasteiger partial charge is 0.124 e. The van der Waals surface area contributed by atoms with Crippen LogP contribution in [0.1, 0.15) is 29.7 Å². The lowest BCUT2D eigenvalue weighted by Gasteiger charge is -2.15. The fourth-order valence-corrected chi connectivity index (χ4v) is 2.45. The maximum absolute atomic E-state index is 6.00. The Kier molecular flexibility index (Phi) is 5.26. The van der Waals surface area contributed by atoms with Gasteiger partial charge in [-0.1, -0.05) is 28.1 Å². The van der Waals surface area contributed by atoms with Crippen LogP contribution in [0.2, 0.25) is 0 Å². The molecule has 0 aliphatic carbocycles. The van der Waals surface area contributed by atoms with E-state index in [4.69, 9.17) is 15.2 Å². The molecule has 0 saturated heterocycles. The molecule has 21 heavy (non-hydrogen) atoms. The second-order valence-electron chi connectivity index (χ2n) is 5.08. The van der Waals surface area contributed by atoms with Crippen LogP contribution >= 0.6 is 15.9 Å². The molecule has 0 aromatic heterocycles. The molecule has 0 aliphatic rings. The van der Waals surface area contributed by atoms with E-state index in [1.54, 1.807) is 7.11 Å². The molecule has 0 aliphatic heterocycles. The minimum Gasteiger partial charge on any atom is -0.497 e. The van der Waals surface area contributed by atoms with Crippen molar-refractivity contribution in [3.63, 3.8) is 0 Å². The number of hydrogen-bond donors (Lipinski definition) is 1. The molecular formula is C17H20BrNO2. The highest BCUT2D eigenvalue weighted by Gasteiger charge is 2.10. The molecule has 4 heteroatoms. The van der Waals surface area contributed by atoms with E-state index in [-0.39, 0.29) is 6.04 Å². The Morgan fingerprint density at radius 2 is 1.95 bits per heavy atom. The first-order chi connectivity index (χ1) is 10.0. The molecule has 0 unspecified atom stereocenters. The van der Waals surface area contributed by atoms with Crippen molar-refractivity contribution in [2.24, 2.45) is 5.73 Å². The molecule has 0 fully saturated rings. The zero-order chi connectivity index (χ0) is 15.4. The molecule has 0 bridgehead atoms. The first kappa shape index (κ1) is 15.9. The van der Waals surface area contributed by atoms with Crippen LogP contribution in [0, 0.1) is 6.92 Å². The number of hydrogen-bond acceptors (Lipinski definition) is 3. The molecule has 2 rings (SSSR count). The van der Waals surface area contributed by atoms with Crippen LogP contribution in [0.3, 0.4) is 0 Å². The first-order valence-corrected chi connectivity index (χ1v) is 7.62. The minimum atomic E-state index is -0.0608. The van der Waals surface area contributed by atoms with Crippen molar-refractivity contribution >= 4 is 15.9 Å². The quantitative estimate of drug-likeness (QED) is 0.871. The van der Waals surface area contributed by atoms with Crippen LogP contribution in [0.5, 0.6) is 11.5 Å². The molecular weight excluding hydrogens is 330 g/mol. The van der Waals surface area contributed by atoms with Gasteiger partial charge in [-0.05, 0) is 43.7 Å². The third-order valence-electron chi connectivity index (χ3n) is 3.30. The molecule has 0 heterocycles. The average molecular weight is 350 g/mol. The van der Waals surface area contributed by atoms with Gasteiger partial charge in [-0.25, -0.2) is 0 Å². The fourth-order valence-electron chi connectivity index (χ4n) is 2.09. The van der Waals surface area contributed by atoms with Crippen molar-refractivity contribution in [3.8, 4) is 11.5 Å². The molecule has 2 N–H and O–H groups in total. The van der Waals surface area contributed by atoms with Crippen LogP contribution in [0.15, 0.2) is 40.9 Å². The summed E-state index contributed by atoms with van der Waals surface area (Å²) >= 11 is 3.53. The van der Waals surface area contributed by atoms with Gasteiger partial charge >= 0.3 is 0 Å². The van der Waals surface area contributed by atoms with Crippen LogP contribution in [0.4, 0.5) is 0 Å².